The van der Waals surface area contributed by atoms with Crippen LogP contribution in [-0.4, -0.2) is 33.1 Å². The van der Waals surface area contributed by atoms with Gasteiger partial charge in [-0.25, -0.2) is 4.98 Å². The van der Waals surface area contributed by atoms with Gasteiger partial charge in [-0.3, -0.25) is 0 Å². The van der Waals surface area contributed by atoms with E-state index in [4.69, 9.17) is 20.1 Å². The van der Waals surface area contributed by atoms with Gasteiger partial charge in [-0.05, 0) is 13.8 Å². The minimum Gasteiger partial charge on any atom is -0.382 e. The molecule has 88 valence electrons. The molecule has 1 N–H and O–H groups in total. The van der Waals surface area contributed by atoms with E-state index in [2.05, 4.69) is 4.98 Å². The van der Waals surface area contributed by atoms with Crippen LogP contribution in [0.5, 0.6) is 0 Å². The quantitative estimate of drug-likeness (QED) is 0.594. The third-order valence-electron chi connectivity index (χ3n) is 1.04. The number of aryl methyl sites for hydroxylation is 1. The zero-order chi connectivity index (χ0) is 12.1. The second kappa shape index (κ2) is 12.4. The second-order valence-electron chi connectivity index (χ2n) is 2.25. The summed E-state index contributed by atoms with van der Waals surface area (Å²) >= 11 is 0. The van der Waals surface area contributed by atoms with Crippen molar-refractivity contribution in [2.75, 3.05) is 13.2 Å². The molecule has 7 heteroatoms. The summed E-state index contributed by atoms with van der Waals surface area (Å²) in [5.41, 5.74) is 0. The van der Waals surface area contributed by atoms with E-state index in [1.54, 1.807) is 12.5 Å². The molecule has 1 aromatic rings. The third-order valence-corrected chi connectivity index (χ3v) is 1.04. The second-order valence-corrected chi connectivity index (χ2v) is 2.25. The van der Waals surface area contributed by atoms with Crippen LogP contribution in [0.2, 0.25) is 0 Å². The van der Waals surface area contributed by atoms with Gasteiger partial charge < -0.3 is 14.5 Å². The van der Waals surface area contributed by atoms with Crippen LogP contribution in [0.1, 0.15) is 13.8 Å². The lowest BCUT2D eigenvalue weighted by Crippen LogP contribution is -1.84. The van der Waals surface area contributed by atoms with Crippen LogP contribution in [0.4, 0.5) is 0 Å². The largest absolute Gasteiger partial charge is 0.382 e. The Balaban J connectivity index is 0. The number of hydrogen-bond donors (Lipinski definition) is 1. The monoisotopic (exact) mass is 219 g/mol. The Kier molecular flexibility index (Phi) is 13.1. The molecule has 0 aliphatic rings. The summed E-state index contributed by atoms with van der Waals surface area (Å²) in [6.45, 7) is 5.67. The lowest BCUT2D eigenvalue weighted by Gasteiger charge is -1.86. The van der Waals surface area contributed by atoms with Crippen LogP contribution in [0.15, 0.2) is 18.7 Å². The number of ether oxygens (including phenoxy) is 1. The van der Waals surface area contributed by atoms with Gasteiger partial charge in [0.15, 0.2) is 0 Å². The van der Waals surface area contributed by atoms with E-state index in [-0.39, 0.29) is 0 Å². The number of hydrogen-bond acceptors (Lipinski definition) is 4. The molecule has 0 unspecified atom stereocenters. The van der Waals surface area contributed by atoms with Crippen molar-refractivity contribution in [3.8, 4) is 0 Å². The Morgan fingerprint density at radius 3 is 2.07 bits per heavy atom. The summed E-state index contributed by atoms with van der Waals surface area (Å²) in [5, 5.41) is 13.6. The van der Waals surface area contributed by atoms with Gasteiger partial charge in [-0.1, -0.05) is 0 Å². The first-order chi connectivity index (χ1) is 7.04. The molecule has 0 saturated heterocycles. The minimum absolute atomic E-state index is 0.844. The van der Waals surface area contributed by atoms with Crippen molar-refractivity contribution in [1.29, 1.82) is 0 Å². The summed E-state index contributed by atoms with van der Waals surface area (Å²) in [6, 6.07) is 0. The van der Waals surface area contributed by atoms with E-state index in [1.807, 2.05) is 31.7 Å². The van der Waals surface area contributed by atoms with E-state index in [0.29, 0.717) is 0 Å². The summed E-state index contributed by atoms with van der Waals surface area (Å²) in [5.74, 6) is 0. The van der Waals surface area contributed by atoms with Gasteiger partial charge in [-0.2, -0.15) is 0 Å². The molecular weight excluding hydrogens is 202 g/mol. The highest BCUT2D eigenvalue weighted by atomic mass is 16.9. The highest BCUT2D eigenvalue weighted by molar-refractivity contribution is 4.70. The number of nitrogens with zero attached hydrogens (tertiary/aromatic N) is 3. The van der Waals surface area contributed by atoms with E-state index >= 15 is 0 Å². The topological polar surface area (TPSA) is 90.4 Å². The van der Waals surface area contributed by atoms with Crippen molar-refractivity contribution in [2.24, 2.45) is 7.05 Å². The van der Waals surface area contributed by atoms with Crippen LogP contribution in [-0.2, 0) is 11.8 Å². The first-order valence-electron chi connectivity index (χ1n) is 4.37. The Bertz CT molecular complexity index is 220. The summed E-state index contributed by atoms with van der Waals surface area (Å²) in [4.78, 5) is 12.1. The van der Waals surface area contributed by atoms with Crippen LogP contribution >= 0.6 is 0 Å². The van der Waals surface area contributed by atoms with Gasteiger partial charge in [0, 0.05) is 32.7 Å². The lowest BCUT2D eigenvalue weighted by molar-refractivity contribution is -0.742. The number of imidazole rings is 1. The molecule has 0 saturated carbocycles. The fourth-order valence-electron chi connectivity index (χ4n) is 0.530. The molecule has 1 rings (SSSR count). The molecule has 0 radical (unpaired) electrons. The maximum absolute atomic E-state index is 8.36. The van der Waals surface area contributed by atoms with E-state index in [0.717, 1.165) is 13.2 Å². The van der Waals surface area contributed by atoms with Crippen molar-refractivity contribution in [3.05, 3.63) is 28.8 Å². The van der Waals surface area contributed by atoms with Crippen molar-refractivity contribution in [1.82, 2.24) is 9.55 Å². The molecule has 0 atom stereocenters. The molecule has 1 heterocycles. The maximum Gasteiger partial charge on any atom is 0.291 e. The Labute approximate surface area is 88.4 Å². The number of rotatable bonds is 2. The Morgan fingerprint density at radius 1 is 1.53 bits per heavy atom. The fraction of sp³-hybridized carbons (Fsp3) is 0.625. The average molecular weight is 219 g/mol. The molecule has 0 aliphatic carbocycles. The summed E-state index contributed by atoms with van der Waals surface area (Å²) < 4.78 is 6.72. The molecule has 0 aliphatic heterocycles. The van der Waals surface area contributed by atoms with Crippen LogP contribution in [0.3, 0.4) is 0 Å². The lowest BCUT2D eigenvalue weighted by atomic mass is 10.8. The van der Waals surface area contributed by atoms with Crippen molar-refractivity contribution in [2.45, 2.75) is 13.8 Å². The zero-order valence-corrected chi connectivity index (χ0v) is 9.16. The molecule has 15 heavy (non-hydrogen) atoms. The molecule has 1 aromatic heterocycles. The van der Waals surface area contributed by atoms with Gasteiger partial charge in [-0.15, -0.1) is 10.1 Å². The van der Waals surface area contributed by atoms with Crippen LogP contribution in [0.25, 0.3) is 0 Å². The van der Waals surface area contributed by atoms with Crippen LogP contribution < -0.4 is 0 Å². The van der Waals surface area contributed by atoms with Gasteiger partial charge in [0.1, 0.15) is 0 Å². The maximum atomic E-state index is 8.36. The Morgan fingerprint density at radius 2 is 2.00 bits per heavy atom. The molecule has 0 bridgehead atoms. The molecular formula is C8H17N3O4. The molecule has 0 spiro atoms. The third kappa shape index (κ3) is 24.5. The van der Waals surface area contributed by atoms with E-state index in [1.165, 1.54) is 0 Å². The fourth-order valence-corrected chi connectivity index (χ4v) is 0.530. The number of aromatic nitrogens is 2. The SMILES string of the molecule is CCOCC.Cn1ccnc1.O=[N+]([O-])O. The van der Waals surface area contributed by atoms with Gasteiger partial charge in [0.05, 0.1) is 6.33 Å². The van der Waals surface area contributed by atoms with E-state index < -0.39 is 5.09 Å². The van der Waals surface area contributed by atoms with Crippen molar-refractivity contribution < 1.29 is 15.0 Å². The first-order valence-corrected chi connectivity index (χ1v) is 4.37. The van der Waals surface area contributed by atoms with Gasteiger partial charge in [0.2, 0.25) is 0 Å². The molecule has 0 aromatic carbocycles. The highest BCUT2D eigenvalue weighted by Crippen LogP contribution is 1.73. The predicted molar refractivity (Wildman–Crippen MR) is 54.2 cm³/mol. The van der Waals surface area contributed by atoms with Crippen LogP contribution in [0, 0.1) is 10.1 Å². The van der Waals surface area contributed by atoms with Gasteiger partial charge >= 0.3 is 0 Å². The van der Waals surface area contributed by atoms with Crippen molar-refractivity contribution in [3.63, 3.8) is 0 Å². The van der Waals surface area contributed by atoms with E-state index in [9.17, 15) is 0 Å². The molecule has 0 amide bonds. The standard InChI is InChI=1S/C4H6N2.C4H10O.HNO3/c1-6-3-2-5-4-6;1-3-5-4-2;2-1(3)4/h2-4H,1H3;3-4H2,1-2H3;(H,2,3,4). The highest BCUT2D eigenvalue weighted by Gasteiger charge is 1.69. The predicted octanol–water partition coefficient (Wildman–Crippen LogP) is 1.12. The van der Waals surface area contributed by atoms with Gasteiger partial charge in [0.25, 0.3) is 5.09 Å². The molecule has 7 nitrogen and oxygen atoms in total. The van der Waals surface area contributed by atoms with Crippen molar-refractivity contribution >= 4 is 0 Å². The average Bonchev–Trinajstić information content (AvgIpc) is 2.57. The smallest absolute Gasteiger partial charge is 0.291 e. The molecule has 0 fully saturated rings. The Hall–Kier alpha value is -1.63. The first kappa shape index (κ1) is 15.8. The zero-order valence-electron chi connectivity index (χ0n) is 9.16. The summed E-state index contributed by atoms with van der Waals surface area (Å²) in [7, 11) is 1.94. The summed E-state index contributed by atoms with van der Waals surface area (Å²) in [6.07, 6.45) is 5.39. The minimum atomic E-state index is -1.50. The normalized spacial score (nSPS) is 7.93.